The number of nitrogens with two attached hydrogens (primary N) is 1. The Morgan fingerprint density at radius 2 is 1.79 bits per heavy atom. The second kappa shape index (κ2) is 5.90. The molecule has 1 aromatic rings. The SMILES string of the molecule is Cc1ccc(C)c(S(=O)(=O)N(CCO)C(C)C)c1N. The molecular formula is C13H22N2O3S. The minimum Gasteiger partial charge on any atom is -0.397 e. The van der Waals surface area contributed by atoms with Gasteiger partial charge in [0.05, 0.1) is 12.3 Å². The lowest BCUT2D eigenvalue weighted by Gasteiger charge is -2.27. The topological polar surface area (TPSA) is 83.6 Å². The van der Waals surface area contributed by atoms with Gasteiger partial charge < -0.3 is 10.8 Å². The third-order valence-corrected chi connectivity index (χ3v) is 5.35. The highest BCUT2D eigenvalue weighted by Crippen LogP contribution is 2.29. The van der Waals surface area contributed by atoms with E-state index in [4.69, 9.17) is 10.8 Å². The molecular weight excluding hydrogens is 264 g/mol. The van der Waals surface area contributed by atoms with E-state index in [9.17, 15) is 8.42 Å². The molecule has 0 unspecified atom stereocenters. The van der Waals surface area contributed by atoms with E-state index in [1.165, 1.54) is 4.31 Å². The van der Waals surface area contributed by atoms with Crippen LogP contribution in [0.3, 0.4) is 0 Å². The monoisotopic (exact) mass is 286 g/mol. The molecule has 0 bridgehead atoms. The lowest BCUT2D eigenvalue weighted by molar-refractivity contribution is 0.236. The van der Waals surface area contributed by atoms with Gasteiger partial charge in [0.25, 0.3) is 0 Å². The van der Waals surface area contributed by atoms with Gasteiger partial charge in [-0.1, -0.05) is 12.1 Å². The summed E-state index contributed by atoms with van der Waals surface area (Å²) in [5.41, 5.74) is 7.57. The third-order valence-electron chi connectivity index (χ3n) is 3.07. The Labute approximate surface area is 115 Å². The molecule has 108 valence electrons. The van der Waals surface area contributed by atoms with E-state index in [0.717, 1.165) is 5.56 Å². The first-order valence-corrected chi connectivity index (χ1v) is 7.65. The van der Waals surface area contributed by atoms with Crippen molar-refractivity contribution in [3.8, 4) is 0 Å². The zero-order valence-electron chi connectivity index (χ0n) is 11.8. The fraction of sp³-hybridized carbons (Fsp3) is 0.538. The molecule has 0 heterocycles. The Balaban J connectivity index is 3.46. The molecule has 0 saturated heterocycles. The maximum absolute atomic E-state index is 12.7. The van der Waals surface area contributed by atoms with Crippen molar-refractivity contribution in [2.24, 2.45) is 0 Å². The Hall–Kier alpha value is -1.11. The van der Waals surface area contributed by atoms with E-state index in [0.29, 0.717) is 5.56 Å². The van der Waals surface area contributed by atoms with Crippen molar-refractivity contribution in [2.75, 3.05) is 18.9 Å². The van der Waals surface area contributed by atoms with E-state index < -0.39 is 10.0 Å². The second-order valence-electron chi connectivity index (χ2n) is 4.88. The number of aliphatic hydroxyl groups is 1. The molecule has 1 aromatic carbocycles. The molecule has 0 aliphatic carbocycles. The van der Waals surface area contributed by atoms with Crippen molar-refractivity contribution in [3.63, 3.8) is 0 Å². The number of aryl methyl sites for hydroxylation is 2. The number of hydrogen-bond acceptors (Lipinski definition) is 4. The summed E-state index contributed by atoms with van der Waals surface area (Å²) in [6, 6.07) is 3.31. The summed E-state index contributed by atoms with van der Waals surface area (Å²) < 4.78 is 26.7. The van der Waals surface area contributed by atoms with Crippen molar-refractivity contribution >= 4 is 15.7 Å². The molecule has 0 amide bonds. The van der Waals surface area contributed by atoms with Gasteiger partial charge in [-0.05, 0) is 38.8 Å². The highest BCUT2D eigenvalue weighted by atomic mass is 32.2. The van der Waals surface area contributed by atoms with Crippen LogP contribution in [-0.2, 0) is 10.0 Å². The number of hydrogen-bond donors (Lipinski definition) is 2. The Morgan fingerprint density at radius 3 is 2.26 bits per heavy atom. The van der Waals surface area contributed by atoms with E-state index in [1.807, 2.05) is 0 Å². The van der Waals surface area contributed by atoms with Crippen LogP contribution in [0.15, 0.2) is 17.0 Å². The summed E-state index contributed by atoms with van der Waals surface area (Å²) in [7, 11) is -3.70. The summed E-state index contributed by atoms with van der Waals surface area (Å²) in [5.74, 6) is 0. The zero-order chi connectivity index (χ0) is 14.8. The predicted octanol–water partition coefficient (Wildman–Crippen LogP) is 1.28. The van der Waals surface area contributed by atoms with Crippen LogP contribution in [-0.4, -0.2) is 37.0 Å². The number of aliphatic hydroxyl groups excluding tert-OH is 1. The lowest BCUT2D eigenvalue weighted by atomic mass is 10.1. The molecule has 0 radical (unpaired) electrons. The number of benzene rings is 1. The van der Waals surface area contributed by atoms with Gasteiger partial charge in [0, 0.05) is 12.6 Å². The summed E-state index contributed by atoms with van der Waals surface area (Å²) in [6.07, 6.45) is 0. The minimum absolute atomic E-state index is 0.0623. The van der Waals surface area contributed by atoms with Gasteiger partial charge in [-0.3, -0.25) is 0 Å². The Bertz CT molecular complexity index is 553. The fourth-order valence-corrected chi connectivity index (χ4v) is 4.05. The van der Waals surface area contributed by atoms with E-state index in [-0.39, 0.29) is 29.8 Å². The summed E-state index contributed by atoms with van der Waals surface area (Å²) >= 11 is 0. The van der Waals surface area contributed by atoms with E-state index in [2.05, 4.69) is 0 Å². The third kappa shape index (κ3) is 3.08. The van der Waals surface area contributed by atoms with Crippen LogP contribution in [0.2, 0.25) is 0 Å². The van der Waals surface area contributed by atoms with Crippen molar-refractivity contribution in [1.29, 1.82) is 0 Å². The van der Waals surface area contributed by atoms with Crippen molar-refractivity contribution < 1.29 is 13.5 Å². The number of rotatable bonds is 5. The second-order valence-corrected chi connectivity index (χ2v) is 6.70. The molecule has 0 fully saturated rings. The quantitative estimate of drug-likeness (QED) is 0.799. The molecule has 1 rings (SSSR count). The average Bonchev–Trinajstić information content (AvgIpc) is 2.30. The van der Waals surface area contributed by atoms with Gasteiger partial charge in [0.2, 0.25) is 10.0 Å². The van der Waals surface area contributed by atoms with Crippen LogP contribution >= 0.6 is 0 Å². The van der Waals surface area contributed by atoms with E-state index in [1.54, 1.807) is 39.8 Å². The maximum Gasteiger partial charge on any atom is 0.245 e. The largest absolute Gasteiger partial charge is 0.397 e. The summed E-state index contributed by atoms with van der Waals surface area (Å²) in [4.78, 5) is 0.148. The highest BCUT2D eigenvalue weighted by molar-refractivity contribution is 7.89. The van der Waals surface area contributed by atoms with E-state index >= 15 is 0 Å². The van der Waals surface area contributed by atoms with Gasteiger partial charge in [0.15, 0.2) is 0 Å². The van der Waals surface area contributed by atoms with Gasteiger partial charge >= 0.3 is 0 Å². The van der Waals surface area contributed by atoms with Gasteiger partial charge in [-0.25, -0.2) is 8.42 Å². The molecule has 0 aliphatic rings. The van der Waals surface area contributed by atoms with Gasteiger partial charge in [-0.2, -0.15) is 4.31 Å². The summed E-state index contributed by atoms with van der Waals surface area (Å²) in [5, 5.41) is 9.05. The maximum atomic E-state index is 12.7. The number of nitrogens with zero attached hydrogens (tertiary/aromatic N) is 1. The number of nitrogen functional groups attached to an aromatic ring is 1. The smallest absolute Gasteiger partial charge is 0.245 e. The van der Waals surface area contributed by atoms with Crippen LogP contribution in [0.1, 0.15) is 25.0 Å². The summed E-state index contributed by atoms with van der Waals surface area (Å²) in [6.45, 7) is 6.89. The molecule has 0 aromatic heterocycles. The van der Waals surface area contributed by atoms with Gasteiger partial charge in [0.1, 0.15) is 4.90 Å². The molecule has 0 atom stereocenters. The van der Waals surface area contributed by atoms with Crippen molar-refractivity contribution in [1.82, 2.24) is 4.31 Å². The molecule has 5 nitrogen and oxygen atoms in total. The molecule has 6 heteroatoms. The van der Waals surface area contributed by atoms with Crippen LogP contribution in [0, 0.1) is 13.8 Å². The first-order chi connectivity index (χ1) is 8.73. The first-order valence-electron chi connectivity index (χ1n) is 6.21. The standard InChI is InChI=1S/C13H22N2O3S/c1-9(2)15(7-8-16)19(17,18)13-11(4)6-5-10(3)12(13)14/h5-6,9,16H,7-8,14H2,1-4H3. The molecule has 0 saturated carbocycles. The van der Waals surface area contributed by atoms with Crippen LogP contribution in [0.4, 0.5) is 5.69 Å². The Kier molecular flexibility index (Phi) is 4.95. The minimum atomic E-state index is -3.70. The number of anilines is 1. The number of sulfonamides is 1. The van der Waals surface area contributed by atoms with Crippen LogP contribution in [0.25, 0.3) is 0 Å². The van der Waals surface area contributed by atoms with Crippen molar-refractivity contribution in [2.45, 2.75) is 38.6 Å². The van der Waals surface area contributed by atoms with Crippen LogP contribution < -0.4 is 5.73 Å². The lowest BCUT2D eigenvalue weighted by Crippen LogP contribution is -2.39. The fourth-order valence-electron chi connectivity index (χ4n) is 2.02. The Morgan fingerprint density at radius 1 is 1.26 bits per heavy atom. The molecule has 0 aliphatic heterocycles. The first kappa shape index (κ1) is 15.9. The molecule has 0 spiro atoms. The predicted molar refractivity (Wildman–Crippen MR) is 76.4 cm³/mol. The average molecular weight is 286 g/mol. The molecule has 3 N–H and O–H groups in total. The normalized spacial score (nSPS) is 12.4. The van der Waals surface area contributed by atoms with Gasteiger partial charge in [-0.15, -0.1) is 0 Å². The zero-order valence-corrected chi connectivity index (χ0v) is 12.7. The molecule has 19 heavy (non-hydrogen) atoms. The van der Waals surface area contributed by atoms with Crippen LogP contribution in [0.5, 0.6) is 0 Å². The highest BCUT2D eigenvalue weighted by Gasteiger charge is 2.30. The van der Waals surface area contributed by atoms with Crippen molar-refractivity contribution in [3.05, 3.63) is 23.3 Å².